The highest BCUT2D eigenvalue weighted by atomic mass is 35.5. The van der Waals surface area contributed by atoms with Gasteiger partial charge in [-0.3, -0.25) is 9.59 Å². The van der Waals surface area contributed by atoms with Crippen molar-refractivity contribution in [1.29, 1.82) is 0 Å². The molecule has 0 aliphatic carbocycles. The monoisotopic (exact) mass is 468 g/mol. The van der Waals surface area contributed by atoms with Crippen LogP contribution in [0.2, 0.25) is 15.1 Å². The summed E-state index contributed by atoms with van der Waals surface area (Å²) in [6.45, 7) is 5.90. The highest BCUT2D eigenvalue weighted by Crippen LogP contribution is 2.25. The zero-order chi connectivity index (χ0) is 22.3. The van der Waals surface area contributed by atoms with Crippen molar-refractivity contribution in [3.63, 3.8) is 0 Å². The van der Waals surface area contributed by atoms with Crippen molar-refractivity contribution in [2.24, 2.45) is 0 Å². The van der Waals surface area contributed by atoms with Crippen LogP contribution < -0.4 is 5.32 Å². The molecule has 2 amide bonds. The topological polar surface area (TPSA) is 49.4 Å². The van der Waals surface area contributed by atoms with Crippen molar-refractivity contribution in [3.8, 4) is 0 Å². The molecule has 0 radical (unpaired) electrons. The Labute approximate surface area is 193 Å². The predicted octanol–water partition coefficient (Wildman–Crippen LogP) is 5.91. The highest BCUT2D eigenvalue weighted by molar-refractivity contribution is 6.35. The molecule has 30 heavy (non-hydrogen) atoms. The summed E-state index contributed by atoms with van der Waals surface area (Å²) in [6.07, 6.45) is 1.22. The maximum atomic E-state index is 13.2. The van der Waals surface area contributed by atoms with Gasteiger partial charge < -0.3 is 10.2 Å². The maximum absolute atomic E-state index is 13.2. The quantitative estimate of drug-likeness (QED) is 0.496. The first-order chi connectivity index (χ1) is 14.2. The molecule has 162 valence electrons. The fraction of sp³-hybridized carbons (Fsp3) is 0.391. The second-order valence-electron chi connectivity index (χ2n) is 7.44. The Balaban J connectivity index is 2.27. The van der Waals surface area contributed by atoms with Gasteiger partial charge in [0, 0.05) is 34.1 Å². The predicted molar refractivity (Wildman–Crippen MR) is 124 cm³/mol. The van der Waals surface area contributed by atoms with Gasteiger partial charge >= 0.3 is 0 Å². The van der Waals surface area contributed by atoms with E-state index >= 15 is 0 Å². The summed E-state index contributed by atoms with van der Waals surface area (Å²) in [5.74, 6) is -0.310. The molecule has 0 unspecified atom stereocenters. The molecule has 0 bridgehead atoms. The first-order valence-electron chi connectivity index (χ1n) is 10.00. The van der Waals surface area contributed by atoms with Crippen LogP contribution in [0.3, 0.4) is 0 Å². The number of hydrogen-bond acceptors (Lipinski definition) is 2. The van der Waals surface area contributed by atoms with Crippen LogP contribution in [-0.4, -0.2) is 28.8 Å². The third kappa shape index (κ3) is 6.90. The van der Waals surface area contributed by atoms with Crippen LogP contribution in [-0.2, 0) is 22.6 Å². The number of aryl methyl sites for hydroxylation is 1. The second-order valence-corrected chi connectivity index (χ2v) is 8.69. The zero-order valence-corrected chi connectivity index (χ0v) is 19.7. The van der Waals surface area contributed by atoms with Gasteiger partial charge in [0.05, 0.1) is 0 Å². The maximum Gasteiger partial charge on any atom is 0.243 e. The first-order valence-corrected chi connectivity index (χ1v) is 11.1. The van der Waals surface area contributed by atoms with E-state index in [-0.39, 0.29) is 30.8 Å². The molecule has 0 saturated carbocycles. The van der Waals surface area contributed by atoms with E-state index in [0.29, 0.717) is 27.9 Å². The van der Waals surface area contributed by atoms with Gasteiger partial charge in [-0.1, -0.05) is 66.0 Å². The molecule has 1 atom stereocenters. The number of amides is 2. The van der Waals surface area contributed by atoms with Gasteiger partial charge in [-0.2, -0.15) is 0 Å². The van der Waals surface area contributed by atoms with E-state index in [2.05, 4.69) is 5.32 Å². The van der Waals surface area contributed by atoms with Gasteiger partial charge in [-0.05, 0) is 56.0 Å². The van der Waals surface area contributed by atoms with E-state index in [1.54, 1.807) is 29.2 Å². The molecule has 0 aliphatic rings. The summed E-state index contributed by atoms with van der Waals surface area (Å²) < 4.78 is 0. The molecule has 0 heterocycles. The van der Waals surface area contributed by atoms with E-state index in [4.69, 9.17) is 34.8 Å². The van der Waals surface area contributed by atoms with Crippen LogP contribution in [0.1, 0.15) is 44.7 Å². The molecule has 4 nitrogen and oxygen atoms in total. The largest absolute Gasteiger partial charge is 0.352 e. The molecule has 2 aromatic rings. The molecule has 0 aliphatic heterocycles. The Morgan fingerprint density at radius 3 is 2.30 bits per heavy atom. The summed E-state index contributed by atoms with van der Waals surface area (Å²) in [5.41, 5.74) is 1.64. The van der Waals surface area contributed by atoms with Crippen molar-refractivity contribution in [2.75, 3.05) is 0 Å². The van der Waals surface area contributed by atoms with E-state index in [0.717, 1.165) is 11.1 Å². The van der Waals surface area contributed by atoms with Crippen molar-refractivity contribution in [1.82, 2.24) is 10.2 Å². The summed E-state index contributed by atoms with van der Waals surface area (Å²) in [4.78, 5) is 27.6. The number of rotatable bonds is 9. The second kappa shape index (κ2) is 11.6. The van der Waals surface area contributed by atoms with Crippen molar-refractivity contribution in [3.05, 3.63) is 68.7 Å². The standard InChI is InChI=1S/C23H27Cl3N2O2/c1-4-21(23(30)27-15(2)3)28(14-17-9-11-18(24)13-20(17)26)22(29)12-10-16-7-5-6-8-19(16)25/h5-9,11,13,15,21H,4,10,12,14H2,1-3H3,(H,27,30)/t21-/m0/s1. The lowest BCUT2D eigenvalue weighted by molar-refractivity contribution is -0.141. The number of benzene rings is 2. The fourth-order valence-electron chi connectivity index (χ4n) is 3.22. The van der Waals surface area contributed by atoms with Gasteiger partial charge in [-0.25, -0.2) is 0 Å². The Morgan fingerprint density at radius 1 is 1.00 bits per heavy atom. The van der Waals surface area contributed by atoms with Crippen LogP contribution in [0.15, 0.2) is 42.5 Å². The van der Waals surface area contributed by atoms with Crippen LogP contribution in [0.4, 0.5) is 0 Å². The fourth-order valence-corrected chi connectivity index (χ4v) is 3.92. The Kier molecular flexibility index (Phi) is 9.47. The van der Waals surface area contributed by atoms with E-state index in [9.17, 15) is 9.59 Å². The van der Waals surface area contributed by atoms with Gasteiger partial charge in [0.1, 0.15) is 6.04 Å². The molecule has 0 spiro atoms. The molecule has 2 rings (SSSR count). The van der Waals surface area contributed by atoms with Crippen LogP contribution in [0.25, 0.3) is 0 Å². The third-order valence-corrected chi connectivity index (χ3v) is 5.69. The Morgan fingerprint density at radius 2 is 1.70 bits per heavy atom. The molecule has 1 N–H and O–H groups in total. The van der Waals surface area contributed by atoms with Gasteiger partial charge in [0.25, 0.3) is 0 Å². The number of halogens is 3. The number of hydrogen-bond donors (Lipinski definition) is 1. The van der Waals surface area contributed by atoms with Crippen molar-refractivity contribution >= 4 is 46.6 Å². The zero-order valence-electron chi connectivity index (χ0n) is 17.4. The third-order valence-electron chi connectivity index (χ3n) is 4.74. The average molecular weight is 470 g/mol. The molecule has 7 heteroatoms. The number of carbonyl (C=O) groups excluding carboxylic acids is 2. The number of nitrogens with zero attached hydrogens (tertiary/aromatic N) is 1. The van der Waals surface area contributed by atoms with Crippen LogP contribution in [0.5, 0.6) is 0 Å². The summed E-state index contributed by atoms with van der Waals surface area (Å²) in [7, 11) is 0. The molecule has 0 aromatic heterocycles. The minimum Gasteiger partial charge on any atom is -0.352 e. The van der Waals surface area contributed by atoms with Crippen molar-refractivity contribution < 1.29 is 9.59 Å². The van der Waals surface area contributed by atoms with Crippen molar-refractivity contribution in [2.45, 2.75) is 58.7 Å². The first kappa shape index (κ1) is 24.5. The van der Waals surface area contributed by atoms with E-state index in [1.165, 1.54) is 0 Å². The smallest absolute Gasteiger partial charge is 0.243 e. The molecule has 0 saturated heterocycles. The highest BCUT2D eigenvalue weighted by Gasteiger charge is 2.29. The van der Waals surface area contributed by atoms with Crippen LogP contribution >= 0.6 is 34.8 Å². The Hall–Kier alpha value is -1.75. The number of nitrogens with one attached hydrogen (secondary N) is 1. The minimum absolute atomic E-state index is 0.0225. The lowest BCUT2D eigenvalue weighted by Gasteiger charge is -2.31. The lowest BCUT2D eigenvalue weighted by atomic mass is 10.1. The van der Waals surface area contributed by atoms with Crippen LogP contribution in [0, 0.1) is 0 Å². The SMILES string of the molecule is CC[C@@H](C(=O)NC(C)C)N(Cc1ccc(Cl)cc1Cl)C(=O)CCc1ccccc1Cl. The normalized spacial score (nSPS) is 12.0. The molecular formula is C23H27Cl3N2O2. The summed E-state index contributed by atoms with van der Waals surface area (Å²) in [5, 5.41) is 4.52. The van der Waals surface area contributed by atoms with E-state index < -0.39 is 6.04 Å². The average Bonchev–Trinajstić information content (AvgIpc) is 2.68. The summed E-state index contributed by atoms with van der Waals surface area (Å²) in [6, 6.07) is 12.0. The molecule has 2 aromatic carbocycles. The van der Waals surface area contributed by atoms with Gasteiger partial charge in [-0.15, -0.1) is 0 Å². The molecular weight excluding hydrogens is 443 g/mol. The lowest BCUT2D eigenvalue weighted by Crippen LogP contribution is -2.50. The Bertz CT molecular complexity index is 887. The number of carbonyl (C=O) groups is 2. The molecule has 0 fully saturated rings. The summed E-state index contributed by atoms with van der Waals surface area (Å²) >= 11 is 18.6. The minimum atomic E-state index is -0.599. The van der Waals surface area contributed by atoms with Gasteiger partial charge in [0.15, 0.2) is 0 Å². The van der Waals surface area contributed by atoms with Gasteiger partial charge in [0.2, 0.25) is 11.8 Å². The van der Waals surface area contributed by atoms with E-state index in [1.807, 2.05) is 39.0 Å².